The first kappa shape index (κ1) is 13.4. The van der Waals surface area contributed by atoms with Crippen LogP contribution in [0.3, 0.4) is 0 Å². The maximum Gasteiger partial charge on any atom is 0.341 e. The van der Waals surface area contributed by atoms with Gasteiger partial charge in [0.15, 0.2) is 5.43 Å². The molecule has 17 heavy (non-hydrogen) atoms. The zero-order valence-electron chi connectivity index (χ0n) is 10.1. The molecule has 1 heterocycles. The first-order chi connectivity index (χ1) is 8.06. The van der Waals surface area contributed by atoms with Gasteiger partial charge in [-0.3, -0.25) is 4.79 Å². The molecule has 5 nitrogen and oxygen atoms in total. The maximum atomic E-state index is 11.4. The van der Waals surface area contributed by atoms with Gasteiger partial charge in [-0.15, -0.1) is 0 Å². The number of rotatable bonds is 6. The van der Waals surface area contributed by atoms with Gasteiger partial charge in [0.05, 0.1) is 0 Å². The fourth-order valence-corrected chi connectivity index (χ4v) is 1.60. The Labute approximate surface area is 99.6 Å². The molecular formula is C12H17NO4. The number of hydrogen-bond donors (Lipinski definition) is 1. The van der Waals surface area contributed by atoms with E-state index in [9.17, 15) is 9.59 Å². The van der Waals surface area contributed by atoms with Crippen LogP contribution in [0, 0.1) is 6.92 Å². The molecule has 0 aliphatic heterocycles. The lowest BCUT2D eigenvalue weighted by Gasteiger charge is -2.11. The van der Waals surface area contributed by atoms with Gasteiger partial charge in [0.1, 0.15) is 5.56 Å². The highest BCUT2D eigenvalue weighted by atomic mass is 16.5. The summed E-state index contributed by atoms with van der Waals surface area (Å²) in [6.07, 6.45) is 3.20. The van der Waals surface area contributed by atoms with Crippen molar-refractivity contribution in [1.82, 2.24) is 4.57 Å². The molecule has 94 valence electrons. The number of carboxylic acids is 1. The molecule has 0 atom stereocenters. The highest BCUT2D eigenvalue weighted by Gasteiger charge is 2.10. The number of aromatic carboxylic acids is 1. The van der Waals surface area contributed by atoms with Gasteiger partial charge in [0.25, 0.3) is 0 Å². The third-order valence-electron chi connectivity index (χ3n) is 2.57. The minimum Gasteiger partial charge on any atom is -0.477 e. The molecule has 0 saturated heterocycles. The Morgan fingerprint density at radius 3 is 2.76 bits per heavy atom. The molecule has 0 aliphatic rings. The van der Waals surface area contributed by atoms with Crippen molar-refractivity contribution in [2.45, 2.75) is 26.3 Å². The average molecular weight is 239 g/mol. The molecule has 0 aliphatic carbocycles. The summed E-state index contributed by atoms with van der Waals surface area (Å²) in [6, 6.07) is 1.36. The first-order valence-electron chi connectivity index (χ1n) is 5.49. The normalized spacial score (nSPS) is 10.5. The van der Waals surface area contributed by atoms with Crippen molar-refractivity contribution >= 4 is 5.97 Å². The van der Waals surface area contributed by atoms with Crippen LogP contribution in [0.25, 0.3) is 0 Å². The number of unbranched alkanes of at least 4 members (excludes halogenated alkanes) is 1. The van der Waals surface area contributed by atoms with Crippen molar-refractivity contribution in [2.24, 2.45) is 0 Å². The van der Waals surface area contributed by atoms with E-state index in [1.807, 2.05) is 0 Å². The summed E-state index contributed by atoms with van der Waals surface area (Å²) in [5, 5.41) is 8.86. The first-order valence-corrected chi connectivity index (χ1v) is 5.49. The molecule has 1 aromatic heterocycles. The number of aryl methyl sites for hydroxylation is 2. The summed E-state index contributed by atoms with van der Waals surface area (Å²) in [5.41, 5.74) is 0.155. The third kappa shape index (κ3) is 3.71. The number of nitrogens with zero attached hydrogens (tertiary/aromatic N) is 1. The Hall–Kier alpha value is -1.62. The van der Waals surface area contributed by atoms with Crippen molar-refractivity contribution in [2.75, 3.05) is 13.7 Å². The molecule has 0 aromatic carbocycles. The van der Waals surface area contributed by atoms with Crippen LogP contribution in [0.2, 0.25) is 0 Å². The number of methoxy groups -OCH3 is 1. The van der Waals surface area contributed by atoms with E-state index in [4.69, 9.17) is 9.84 Å². The number of carbonyl (C=O) groups is 1. The van der Waals surface area contributed by atoms with Crippen molar-refractivity contribution in [1.29, 1.82) is 0 Å². The fourth-order valence-electron chi connectivity index (χ4n) is 1.60. The average Bonchev–Trinajstić information content (AvgIpc) is 2.26. The van der Waals surface area contributed by atoms with Gasteiger partial charge in [-0.1, -0.05) is 0 Å². The monoisotopic (exact) mass is 239 g/mol. The van der Waals surface area contributed by atoms with Crippen molar-refractivity contribution in [3.05, 3.63) is 33.7 Å². The Morgan fingerprint density at radius 1 is 1.47 bits per heavy atom. The fraction of sp³-hybridized carbons (Fsp3) is 0.500. The maximum absolute atomic E-state index is 11.4. The Morgan fingerprint density at radius 2 is 2.18 bits per heavy atom. The molecule has 0 amide bonds. The SMILES string of the molecule is COCCCCn1cc(C(=O)O)c(=O)cc1C. The van der Waals surface area contributed by atoms with E-state index < -0.39 is 11.4 Å². The number of carboxylic acid groups (broad SMARTS) is 1. The molecule has 0 unspecified atom stereocenters. The molecule has 1 rings (SSSR count). The van der Waals surface area contributed by atoms with Gasteiger partial charge in [0, 0.05) is 38.2 Å². The van der Waals surface area contributed by atoms with E-state index >= 15 is 0 Å². The molecule has 5 heteroatoms. The minimum absolute atomic E-state index is 0.178. The second kappa shape index (κ2) is 6.20. The molecule has 0 fully saturated rings. The summed E-state index contributed by atoms with van der Waals surface area (Å²) < 4.78 is 6.73. The van der Waals surface area contributed by atoms with E-state index in [1.165, 1.54) is 12.3 Å². The van der Waals surface area contributed by atoms with Gasteiger partial charge in [0.2, 0.25) is 0 Å². The number of aromatic nitrogens is 1. The van der Waals surface area contributed by atoms with E-state index in [1.54, 1.807) is 18.6 Å². The number of ether oxygens (including phenoxy) is 1. The van der Waals surface area contributed by atoms with Gasteiger partial charge < -0.3 is 14.4 Å². The van der Waals surface area contributed by atoms with Gasteiger partial charge in [-0.25, -0.2) is 4.79 Å². The van der Waals surface area contributed by atoms with Crippen LogP contribution in [-0.2, 0) is 11.3 Å². The van der Waals surface area contributed by atoms with E-state index in [-0.39, 0.29) is 5.56 Å². The molecule has 0 bridgehead atoms. The molecule has 1 aromatic rings. The van der Waals surface area contributed by atoms with Gasteiger partial charge in [-0.05, 0) is 19.8 Å². The Bertz CT molecular complexity index is 450. The smallest absolute Gasteiger partial charge is 0.341 e. The zero-order valence-corrected chi connectivity index (χ0v) is 10.1. The minimum atomic E-state index is -1.18. The second-order valence-electron chi connectivity index (χ2n) is 3.89. The summed E-state index contributed by atoms with van der Waals surface area (Å²) in [4.78, 5) is 22.2. The van der Waals surface area contributed by atoms with Crippen molar-refractivity contribution in [3.63, 3.8) is 0 Å². The van der Waals surface area contributed by atoms with Crippen molar-refractivity contribution < 1.29 is 14.6 Å². The molecule has 0 saturated carbocycles. The lowest BCUT2D eigenvalue weighted by atomic mass is 10.2. The van der Waals surface area contributed by atoms with E-state index in [2.05, 4.69) is 0 Å². The lowest BCUT2D eigenvalue weighted by Crippen LogP contribution is -2.19. The highest BCUT2D eigenvalue weighted by molar-refractivity contribution is 5.87. The van der Waals surface area contributed by atoms with E-state index in [0.717, 1.165) is 18.5 Å². The van der Waals surface area contributed by atoms with Crippen LogP contribution in [0.5, 0.6) is 0 Å². The highest BCUT2D eigenvalue weighted by Crippen LogP contribution is 2.03. The standard InChI is InChI=1S/C12H17NO4/c1-9-7-11(14)10(12(15)16)8-13(9)5-3-4-6-17-2/h7-8H,3-6H2,1-2H3,(H,15,16). The summed E-state index contributed by atoms with van der Waals surface area (Å²) in [7, 11) is 1.65. The van der Waals surface area contributed by atoms with Crippen LogP contribution < -0.4 is 5.43 Å². The van der Waals surface area contributed by atoms with Crippen molar-refractivity contribution in [3.8, 4) is 0 Å². The summed E-state index contributed by atoms with van der Waals surface area (Å²) in [5.74, 6) is -1.18. The molecular weight excluding hydrogens is 222 g/mol. The molecule has 0 radical (unpaired) electrons. The molecule has 1 N–H and O–H groups in total. The predicted octanol–water partition coefficient (Wildman–Crippen LogP) is 1.28. The van der Waals surface area contributed by atoms with E-state index in [0.29, 0.717) is 13.2 Å². The molecule has 0 spiro atoms. The summed E-state index contributed by atoms with van der Waals surface area (Å²) >= 11 is 0. The summed E-state index contributed by atoms with van der Waals surface area (Å²) in [6.45, 7) is 3.17. The largest absolute Gasteiger partial charge is 0.477 e. The number of pyridine rings is 1. The zero-order chi connectivity index (χ0) is 12.8. The van der Waals surface area contributed by atoms with Gasteiger partial charge >= 0.3 is 5.97 Å². The Balaban J connectivity index is 2.81. The van der Waals surface area contributed by atoms with Crippen LogP contribution in [0.4, 0.5) is 0 Å². The second-order valence-corrected chi connectivity index (χ2v) is 3.89. The number of hydrogen-bond acceptors (Lipinski definition) is 3. The quantitative estimate of drug-likeness (QED) is 0.759. The van der Waals surface area contributed by atoms with Crippen LogP contribution in [-0.4, -0.2) is 29.4 Å². The lowest BCUT2D eigenvalue weighted by molar-refractivity contribution is 0.0694. The van der Waals surface area contributed by atoms with Gasteiger partial charge in [-0.2, -0.15) is 0 Å². The predicted molar refractivity (Wildman–Crippen MR) is 63.5 cm³/mol. The van der Waals surface area contributed by atoms with Crippen LogP contribution in [0.15, 0.2) is 17.1 Å². The van der Waals surface area contributed by atoms with Crippen LogP contribution >= 0.6 is 0 Å². The third-order valence-corrected chi connectivity index (χ3v) is 2.57. The topological polar surface area (TPSA) is 68.5 Å². The Kier molecular flexibility index (Phi) is 4.90. The van der Waals surface area contributed by atoms with Crippen LogP contribution in [0.1, 0.15) is 28.9 Å².